The molecular formula is C28H30FN3O3. The maximum absolute atomic E-state index is 14.8. The van der Waals surface area contributed by atoms with E-state index in [0.29, 0.717) is 11.1 Å². The van der Waals surface area contributed by atoms with Crippen LogP contribution in [0.15, 0.2) is 66.7 Å². The van der Waals surface area contributed by atoms with E-state index >= 15 is 0 Å². The molecule has 0 aromatic heterocycles. The first-order valence-corrected chi connectivity index (χ1v) is 11.7. The van der Waals surface area contributed by atoms with E-state index in [-0.39, 0.29) is 23.8 Å². The summed E-state index contributed by atoms with van der Waals surface area (Å²) in [5.74, 6) is -1.69. The maximum atomic E-state index is 14.8. The Morgan fingerprint density at radius 3 is 2.37 bits per heavy atom. The van der Waals surface area contributed by atoms with Gasteiger partial charge >= 0.3 is 5.97 Å². The summed E-state index contributed by atoms with van der Waals surface area (Å²) < 4.78 is 14.8. The highest BCUT2D eigenvalue weighted by Crippen LogP contribution is 2.26. The number of carboxylic acid groups (broad SMARTS) is 1. The number of halogens is 1. The van der Waals surface area contributed by atoms with Crippen LogP contribution in [0.25, 0.3) is 11.1 Å². The zero-order valence-corrected chi connectivity index (χ0v) is 20.1. The van der Waals surface area contributed by atoms with Crippen molar-refractivity contribution >= 4 is 11.9 Å². The maximum Gasteiger partial charge on any atom is 0.335 e. The number of likely N-dealkylation sites (N-methyl/N-ethyl adjacent to an activating group) is 1. The van der Waals surface area contributed by atoms with Crippen LogP contribution < -0.4 is 0 Å². The Bertz CT molecular complexity index is 1220. The molecule has 0 spiro atoms. The van der Waals surface area contributed by atoms with Gasteiger partial charge < -0.3 is 14.9 Å². The van der Waals surface area contributed by atoms with Crippen LogP contribution in [0, 0.1) is 5.82 Å². The van der Waals surface area contributed by atoms with Gasteiger partial charge in [0.2, 0.25) is 0 Å². The summed E-state index contributed by atoms with van der Waals surface area (Å²) >= 11 is 0. The van der Waals surface area contributed by atoms with Crippen molar-refractivity contribution in [3.8, 4) is 11.1 Å². The summed E-state index contributed by atoms with van der Waals surface area (Å²) in [6.07, 6.45) is 0. The Kier molecular flexibility index (Phi) is 7.58. The predicted octanol–water partition coefficient (Wildman–Crippen LogP) is 4.21. The highest BCUT2D eigenvalue weighted by atomic mass is 19.1. The molecule has 4 rings (SSSR count). The second-order valence-corrected chi connectivity index (χ2v) is 9.14. The molecule has 0 atom stereocenters. The molecule has 0 unspecified atom stereocenters. The molecule has 7 heteroatoms. The van der Waals surface area contributed by atoms with E-state index in [1.807, 2.05) is 18.2 Å². The third-order valence-electron chi connectivity index (χ3n) is 6.39. The average Bonchev–Trinajstić information content (AvgIpc) is 2.86. The molecule has 3 aromatic carbocycles. The second kappa shape index (κ2) is 10.8. The van der Waals surface area contributed by atoms with E-state index in [1.165, 1.54) is 23.1 Å². The third kappa shape index (κ3) is 6.12. The molecule has 1 aliphatic heterocycles. The minimum absolute atomic E-state index is 0.0600. The number of carbonyl (C=O) groups is 2. The number of nitrogens with zero attached hydrogens (tertiary/aromatic N) is 3. The van der Waals surface area contributed by atoms with Gasteiger partial charge in [-0.05, 0) is 60.1 Å². The predicted molar refractivity (Wildman–Crippen MR) is 134 cm³/mol. The van der Waals surface area contributed by atoms with Gasteiger partial charge in [-0.3, -0.25) is 9.69 Å². The van der Waals surface area contributed by atoms with Crippen molar-refractivity contribution in [3.63, 3.8) is 0 Å². The summed E-state index contributed by atoms with van der Waals surface area (Å²) in [4.78, 5) is 30.3. The van der Waals surface area contributed by atoms with Gasteiger partial charge in [0.1, 0.15) is 5.82 Å². The number of rotatable bonds is 7. The summed E-state index contributed by atoms with van der Waals surface area (Å²) in [5, 5.41) is 9.19. The van der Waals surface area contributed by atoms with E-state index in [2.05, 4.69) is 22.9 Å². The normalized spacial score (nSPS) is 14.6. The molecule has 3 aromatic rings. The van der Waals surface area contributed by atoms with Crippen LogP contribution in [-0.2, 0) is 13.1 Å². The minimum Gasteiger partial charge on any atom is -0.478 e. The Hall–Kier alpha value is -3.55. The van der Waals surface area contributed by atoms with Crippen molar-refractivity contribution in [2.24, 2.45) is 0 Å². The highest BCUT2D eigenvalue weighted by molar-refractivity contribution is 5.97. The molecule has 1 amide bonds. The highest BCUT2D eigenvalue weighted by Gasteiger charge is 2.17. The molecule has 0 aliphatic carbocycles. The summed E-state index contributed by atoms with van der Waals surface area (Å²) in [7, 11) is 3.78. The van der Waals surface area contributed by atoms with Gasteiger partial charge in [-0.2, -0.15) is 0 Å². The smallest absolute Gasteiger partial charge is 0.335 e. The molecule has 1 fully saturated rings. The Labute approximate surface area is 205 Å². The minimum atomic E-state index is -1.08. The lowest BCUT2D eigenvalue weighted by atomic mass is 9.99. The molecule has 1 N–H and O–H groups in total. The first-order chi connectivity index (χ1) is 16.8. The van der Waals surface area contributed by atoms with Crippen LogP contribution in [0.3, 0.4) is 0 Å². The summed E-state index contributed by atoms with van der Waals surface area (Å²) in [6.45, 7) is 5.22. The van der Waals surface area contributed by atoms with Crippen LogP contribution in [0.1, 0.15) is 31.8 Å². The van der Waals surface area contributed by atoms with Crippen LogP contribution in [-0.4, -0.2) is 72.0 Å². The van der Waals surface area contributed by atoms with Crippen LogP contribution >= 0.6 is 0 Å². The standard InChI is InChI=1S/C28H30FN3O3/c1-30-11-13-32(14-12-30)19-20-5-3-6-22(15-20)25-16-21(9-10-26(25)29)18-31(2)27(33)23-7-4-8-24(17-23)28(34)35/h3-10,15-17H,11-14,18-19H2,1-2H3,(H,34,35). The first-order valence-electron chi connectivity index (χ1n) is 11.7. The molecule has 1 saturated heterocycles. The first kappa shape index (κ1) is 24.6. The molecule has 6 nitrogen and oxygen atoms in total. The Balaban J connectivity index is 1.49. The molecule has 35 heavy (non-hydrogen) atoms. The SMILES string of the molecule is CN1CCN(Cc2cccc(-c3cc(CN(C)C(=O)c4cccc(C(=O)O)c4)ccc3F)c2)CC1. The number of hydrogen-bond acceptors (Lipinski definition) is 4. The van der Waals surface area contributed by atoms with E-state index in [1.54, 1.807) is 31.3 Å². The molecule has 1 heterocycles. The number of carbonyl (C=O) groups excluding carboxylic acids is 1. The van der Waals surface area contributed by atoms with Gasteiger partial charge in [0.15, 0.2) is 0 Å². The van der Waals surface area contributed by atoms with Gasteiger partial charge in [-0.25, -0.2) is 9.18 Å². The third-order valence-corrected chi connectivity index (χ3v) is 6.39. The lowest BCUT2D eigenvalue weighted by Crippen LogP contribution is -2.43. The van der Waals surface area contributed by atoms with Crippen LogP contribution in [0.2, 0.25) is 0 Å². The monoisotopic (exact) mass is 475 g/mol. The molecule has 1 aliphatic rings. The number of benzene rings is 3. The number of carboxylic acids is 1. The fraction of sp³-hybridized carbons (Fsp3) is 0.286. The zero-order valence-electron chi connectivity index (χ0n) is 20.1. The number of piperazine rings is 1. The number of hydrogen-bond donors (Lipinski definition) is 1. The molecular weight excluding hydrogens is 445 g/mol. The van der Waals surface area contributed by atoms with E-state index in [0.717, 1.165) is 49.4 Å². The number of amides is 1. The van der Waals surface area contributed by atoms with E-state index in [4.69, 9.17) is 0 Å². The van der Waals surface area contributed by atoms with Crippen LogP contribution in [0.4, 0.5) is 4.39 Å². The molecule has 0 bridgehead atoms. The number of aromatic carboxylic acids is 1. The van der Waals surface area contributed by atoms with Crippen molar-refractivity contribution < 1.29 is 19.1 Å². The van der Waals surface area contributed by atoms with Crippen molar-refractivity contribution in [1.82, 2.24) is 14.7 Å². The second-order valence-electron chi connectivity index (χ2n) is 9.14. The fourth-order valence-corrected chi connectivity index (χ4v) is 4.34. The lowest BCUT2D eigenvalue weighted by molar-refractivity contribution is 0.0697. The lowest BCUT2D eigenvalue weighted by Gasteiger charge is -2.32. The Morgan fingerprint density at radius 1 is 0.914 bits per heavy atom. The van der Waals surface area contributed by atoms with Gasteiger partial charge in [0.25, 0.3) is 5.91 Å². The van der Waals surface area contributed by atoms with Gasteiger partial charge in [-0.15, -0.1) is 0 Å². The van der Waals surface area contributed by atoms with Crippen molar-refractivity contribution in [2.45, 2.75) is 13.1 Å². The fourth-order valence-electron chi connectivity index (χ4n) is 4.34. The zero-order chi connectivity index (χ0) is 24.9. The topological polar surface area (TPSA) is 64.1 Å². The van der Waals surface area contributed by atoms with Crippen molar-refractivity contribution in [3.05, 3.63) is 94.8 Å². The average molecular weight is 476 g/mol. The van der Waals surface area contributed by atoms with Crippen molar-refractivity contribution in [1.29, 1.82) is 0 Å². The Morgan fingerprint density at radius 2 is 1.63 bits per heavy atom. The van der Waals surface area contributed by atoms with Gasteiger partial charge in [-0.1, -0.05) is 30.3 Å². The molecule has 0 radical (unpaired) electrons. The molecule has 0 saturated carbocycles. The van der Waals surface area contributed by atoms with Gasteiger partial charge in [0, 0.05) is 57.4 Å². The van der Waals surface area contributed by atoms with Crippen LogP contribution in [0.5, 0.6) is 0 Å². The quantitative estimate of drug-likeness (QED) is 0.555. The van der Waals surface area contributed by atoms with Gasteiger partial charge in [0.05, 0.1) is 5.56 Å². The largest absolute Gasteiger partial charge is 0.478 e. The van der Waals surface area contributed by atoms with E-state index < -0.39 is 5.97 Å². The molecule has 182 valence electrons. The summed E-state index contributed by atoms with van der Waals surface area (Å²) in [6, 6.07) is 18.8. The summed E-state index contributed by atoms with van der Waals surface area (Å²) in [5.41, 5.74) is 3.59. The van der Waals surface area contributed by atoms with Crippen molar-refractivity contribution in [2.75, 3.05) is 40.3 Å². The van der Waals surface area contributed by atoms with E-state index in [9.17, 15) is 19.1 Å².